The largest absolute Gasteiger partial charge is 0.495 e. The molecule has 7 nitrogen and oxygen atoms in total. The first-order valence-corrected chi connectivity index (χ1v) is 13.0. The first-order valence-electron chi connectivity index (χ1n) is 11.8. The molecule has 0 saturated carbocycles. The average molecular weight is 503 g/mol. The predicted molar refractivity (Wildman–Crippen MR) is 138 cm³/mol. The number of hydrogen-bond donors (Lipinski definition) is 1. The van der Waals surface area contributed by atoms with E-state index in [9.17, 15) is 9.59 Å². The van der Waals surface area contributed by atoms with Crippen LogP contribution >= 0.6 is 22.9 Å². The fourth-order valence-electron chi connectivity index (χ4n) is 4.55. The minimum atomic E-state index is -0.766. The Morgan fingerprint density at radius 2 is 2.03 bits per heavy atom. The zero-order chi connectivity index (χ0) is 24.4. The zero-order valence-electron chi connectivity index (χ0n) is 20.1. The van der Waals surface area contributed by atoms with E-state index in [1.807, 2.05) is 0 Å². The van der Waals surface area contributed by atoms with E-state index in [-0.39, 0.29) is 11.5 Å². The van der Waals surface area contributed by atoms with Gasteiger partial charge in [0.05, 0.1) is 24.7 Å². The van der Waals surface area contributed by atoms with Crippen LogP contribution in [0.5, 0.6) is 5.75 Å². The summed E-state index contributed by atoms with van der Waals surface area (Å²) in [6, 6.07) is 4.27. The van der Waals surface area contributed by atoms with Gasteiger partial charge in [-0.3, -0.25) is 19.1 Å². The highest BCUT2D eigenvalue weighted by Gasteiger charge is 2.27. The van der Waals surface area contributed by atoms with Crippen molar-refractivity contribution in [3.63, 3.8) is 0 Å². The third-order valence-electron chi connectivity index (χ3n) is 6.54. The maximum atomic E-state index is 13.9. The molecule has 1 aliphatic carbocycles. The summed E-state index contributed by atoms with van der Waals surface area (Å²) >= 11 is 7.77. The van der Waals surface area contributed by atoms with Gasteiger partial charge in [-0.2, -0.15) is 0 Å². The summed E-state index contributed by atoms with van der Waals surface area (Å²) in [6.07, 6.45) is 4.10. The van der Waals surface area contributed by atoms with E-state index in [4.69, 9.17) is 21.3 Å². The fraction of sp³-hybridized carbons (Fsp3) is 0.480. The van der Waals surface area contributed by atoms with Gasteiger partial charge in [0, 0.05) is 9.90 Å². The Hall–Kier alpha value is -2.42. The second kappa shape index (κ2) is 10.5. The second-order valence-electron chi connectivity index (χ2n) is 8.57. The van der Waals surface area contributed by atoms with Crippen molar-refractivity contribution in [2.45, 2.75) is 59.0 Å². The van der Waals surface area contributed by atoms with Gasteiger partial charge in [0.1, 0.15) is 22.4 Å². The summed E-state index contributed by atoms with van der Waals surface area (Å²) in [4.78, 5) is 36.5. The van der Waals surface area contributed by atoms with Crippen molar-refractivity contribution in [1.82, 2.24) is 14.5 Å². The Bertz CT molecular complexity index is 1270. The van der Waals surface area contributed by atoms with Gasteiger partial charge in [-0.1, -0.05) is 25.4 Å². The third kappa shape index (κ3) is 4.72. The summed E-state index contributed by atoms with van der Waals surface area (Å²) in [5, 5.41) is 4.06. The third-order valence-corrected chi connectivity index (χ3v) is 7.96. The highest BCUT2D eigenvalue weighted by atomic mass is 35.5. The number of nitrogens with zero attached hydrogens (tertiary/aromatic N) is 3. The molecule has 0 aliphatic heterocycles. The van der Waals surface area contributed by atoms with Gasteiger partial charge in [0.25, 0.3) is 5.56 Å². The molecule has 2 heterocycles. The number of nitrogens with one attached hydrogen (secondary N) is 1. The molecule has 0 fully saturated rings. The summed E-state index contributed by atoms with van der Waals surface area (Å²) in [5.74, 6) is 0.787. The van der Waals surface area contributed by atoms with E-state index in [1.165, 1.54) is 12.0 Å². The minimum Gasteiger partial charge on any atom is -0.495 e. The van der Waals surface area contributed by atoms with Crippen LogP contribution in [0, 0.1) is 0 Å². The van der Waals surface area contributed by atoms with E-state index >= 15 is 0 Å². The van der Waals surface area contributed by atoms with Crippen LogP contribution in [-0.2, 0) is 24.2 Å². The first-order chi connectivity index (χ1) is 16.4. The lowest BCUT2D eigenvalue weighted by Gasteiger charge is -2.23. The first kappa shape index (κ1) is 24.7. The number of amides is 1. The van der Waals surface area contributed by atoms with Gasteiger partial charge in [-0.15, -0.1) is 11.3 Å². The highest BCUT2D eigenvalue weighted by molar-refractivity contribution is 7.18. The number of methoxy groups -OCH3 is 1. The van der Waals surface area contributed by atoms with Gasteiger partial charge in [-0.25, -0.2) is 4.98 Å². The van der Waals surface area contributed by atoms with Gasteiger partial charge >= 0.3 is 0 Å². The van der Waals surface area contributed by atoms with Crippen molar-refractivity contribution in [2.75, 3.05) is 25.5 Å². The topological polar surface area (TPSA) is 76.5 Å². The number of carbonyl (C=O) groups excluding carboxylic acids is 1. The molecule has 0 saturated heterocycles. The molecular formula is C25H31ClN4O3S. The molecule has 34 heavy (non-hydrogen) atoms. The molecule has 1 aliphatic rings. The lowest BCUT2D eigenvalue weighted by molar-refractivity contribution is -0.119. The molecule has 1 atom stereocenters. The number of aromatic nitrogens is 2. The second-order valence-corrected chi connectivity index (χ2v) is 10.1. The van der Waals surface area contributed by atoms with E-state index < -0.39 is 6.04 Å². The van der Waals surface area contributed by atoms with Gasteiger partial charge in [-0.05, 0) is 69.5 Å². The number of halogens is 1. The van der Waals surface area contributed by atoms with Crippen molar-refractivity contribution in [2.24, 2.45) is 0 Å². The lowest BCUT2D eigenvalue weighted by Crippen LogP contribution is -2.37. The SMILES string of the molecule is CCN(CC)Cc1nc2sc3c(c2c(=O)n1C(C)C(=O)Nc1cc(Cl)ccc1OC)CCCC3. The van der Waals surface area contributed by atoms with Crippen molar-refractivity contribution >= 4 is 44.7 Å². The van der Waals surface area contributed by atoms with Gasteiger partial charge < -0.3 is 10.1 Å². The predicted octanol–water partition coefficient (Wildman–Crippen LogP) is 5.04. The number of ether oxygens (including phenoxy) is 1. The summed E-state index contributed by atoms with van der Waals surface area (Å²) in [6.45, 7) is 8.05. The molecule has 2 aromatic heterocycles. The molecule has 182 valence electrons. The molecule has 0 spiro atoms. The fourth-order valence-corrected chi connectivity index (χ4v) is 5.99. The normalized spacial score (nSPS) is 14.3. The maximum Gasteiger partial charge on any atom is 0.263 e. The molecular weight excluding hydrogens is 472 g/mol. The van der Waals surface area contributed by atoms with Crippen LogP contribution < -0.4 is 15.6 Å². The number of hydrogen-bond acceptors (Lipinski definition) is 6. The lowest BCUT2D eigenvalue weighted by atomic mass is 9.97. The van der Waals surface area contributed by atoms with Gasteiger partial charge in [0.2, 0.25) is 5.91 Å². The van der Waals surface area contributed by atoms with Crippen LogP contribution in [-0.4, -0.2) is 40.6 Å². The number of thiophene rings is 1. The molecule has 0 bridgehead atoms. The molecule has 0 radical (unpaired) electrons. The van der Waals surface area contributed by atoms with Crippen molar-refractivity contribution in [1.29, 1.82) is 0 Å². The number of carbonyl (C=O) groups is 1. The van der Waals surface area contributed by atoms with E-state index in [0.29, 0.717) is 34.2 Å². The Morgan fingerprint density at radius 3 is 2.74 bits per heavy atom. The molecule has 4 rings (SSSR count). The number of fused-ring (bicyclic) bond motifs is 3. The summed E-state index contributed by atoms with van der Waals surface area (Å²) in [5.41, 5.74) is 1.45. The van der Waals surface area contributed by atoms with Crippen LogP contribution in [0.2, 0.25) is 5.02 Å². The van der Waals surface area contributed by atoms with Crippen molar-refractivity contribution in [3.8, 4) is 5.75 Å². The molecule has 1 unspecified atom stereocenters. The Labute approximate surface area is 208 Å². The Balaban J connectivity index is 1.80. The Kier molecular flexibility index (Phi) is 7.60. The number of aryl methyl sites for hydroxylation is 2. The van der Waals surface area contributed by atoms with Crippen LogP contribution in [0.3, 0.4) is 0 Å². The molecule has 1 aromatic carbocycles. The van der Waals surface area contributed by atoms with Crippen molar-refractivity contribution in [3.05, 3.63) is 49.8 Å². The summed E-state index contributed by atoms with van der Waals surface area (Å²) in [7, 11) is 1.53. The molecule has 3 aromatic rings. The quantitative estimate of drug-likeness (QED) is 0.467. The van der Waals surface area contributed by atoms with Crippen LogP contribution in [0.4, 0.5) is 5.69 Å². The molecule has 9 heteroatoms. The number of benzene rings is 1. The van der Waals surface area contributed by atoms with Crippen LogP contribution in [0.1, 0.15) is 55.9 Å². The average Bonchev–Trinajstić information content (AvgIpc) is 3.21. The highest BCUT2D eigenvalue weighted by Crippen LogP contribution is 2.34. The number of rotatable bonds is 8. The van der Waals surface area contributed by atoms with E-state index in [1.54, 1.807) is 41.0 Å². The minimum absolute atomic E-state index is 0.132. The zero-order valence-corrected chi connectivity index (χ0v) is 21.7. The van der Waals surface area contributed by atoms with Crippen LogP contribution in [0.25, 0.3) is 10.2 Å². The monoisotopic (exact) mass is 502 g/mol. The standard InChI is InChI=1S/C25H31ClN4O3S/c1-5-29(6-2)14-21-28-24-22(17-9-7-8-10-20(17)34-24)25(32)30(21)15(3)23(31)27-18-13-16(26)11-12-19(18)33-4/h11-13,15H,5-10,14H2,1-4H3,(H,27,31). The van der Waals surface area contributed by atoms with Gasteiger partial charge in [0.15, 0.2) is 0 Å². The Morgan fingerprint density at radius 1 is 1.29 bits per heavy atom. The number of anilines is 1. The molecule has 1 amide bonds. The van der Waals surface area contributed by atoms with E-state index in [0.717, 1.165) is 49.2 Å². The summed E-state index contributed by atoms with van der Waals surface area (Å²) < 4.78 is 6.94. The van der Waals surface area contributed by atoms with E-state index in [2.05, 4.69) is 24.1 Å². The smallest absolute Gasteiger partial charge is 0.263 e. The van der Waals surface area contributed by atoms with Crippen LogP contribution in [0.15, 0.2) is 23.0 Å². The maximum absolute atomic E-state index is 13.9. The molecule has 1 N–H and O–H groups in total. The van der Waals surface area contributed by atoms with Crippen molar-refractivity contribution < 1.29 is 9.53 Å².